The zero-order chi connectivity index (χ0) is 19.2. The first-order valence-electron chi connectivity index (χ1n) is 8.52. The molecule has 0 bridgehead atoms. The minimum Gasteiger partial charge on any atom is -0.462 e. The molecule has 0 aliphatic rings. The molecular weight excluding hydrogens is 338 g/mol. The Morgan fingerprint density at radius 3 is 2.56 bits per heavy atom. The molecule has 0 aliphatic heterocycles. The van der Waals surface area contributed by atoms with Crippen molar-refractivity contribution in [3.63, 3.8) is 0 Å². The lowest BCUT2D eigenvalue weighted by Crippen LogP contribution is -2.05. The van der Waals surface area contributed by atoms with Gasteiger partial charge in [0.05, 0.1) is 18.2 Å². The number of para-hydroxylation sites is 1. The molecule has 3 rings (SSSR count). The van der Waals surface area contributed by atoms with Crippen LogP contribution < -0.4 is 0 Å². The van der Waals surface area contributed by atoms with Crippen molar-refractivity contribution >= 4 is 22.9 Å². The second-order valence-corrected chi connectivity index (χ2v) is 5.93. The lowest BCUT2D eigenvalue weighted by Gasteiger charge is -2.05. The number of hydrogen-bond acceptors (Lipinski definition) is 4. The van der Waals surface area contributed by atoms with Crippen LogP contribution in [-0.2, 0) is 16.1 Å². The molecule has 1 aromatic heterocycles. The van der Waals surface area contributed by atoms with Crippen LogP contribution in [0.1, 0.15) is 23.6 Å². The van der Waals surface area contributed by atoms with Crippen LogP contribution in [0.4, 0.5) is 0 Å². The van der Waals surface area contributed by atoms with Crippen molar-refractivity contribution in [2.24, 2.45) is 0 Å². The zero-order valence-corrected chi connectivity index (χ0v) is 14.8. The van der Waals surface area contributed by atoms with Gasteiger partial charge in [-0.3, -0.25) is 0 Å². The van der Waals surface area contributed by atoms with E-state index in [0.29, 0.717) is 12.1 Å². The Morgan fingerprint density at radius 2 is 1.89 bits per heavy atom. The lowest BCUT2D eigenvalue weighted by atomic mass is 10.1. The summed E-state index contributed by atoms with van der Waals surface area (Å²) < 4.78 is 7.00. The Morgan fingerprint density at radius 1 is 1.15 bits per heavy atom. The summed E-state index contributed by atoms with van der Waals surface area (Å²) in [5.74, 6) is -0.621. The molecule has 1 heterocycles. The third-order valence-electron chi connectivity index (χ3n) is 4.17. The number of ether oxygens (including phenoxy) is 1. The van der Waals surface area contributed by atoms with Gasteiger partial charge in [-0.2, -0.15) is 10.5 Å². The highest BCUT2D eigenvalue weighted by molar-refractivity contribution is 6.01. The number of carbonyl (C=O) groups excluding carboxylic acids is 1. The molecule has 0 amide bonds. The molecule has 5 heteroatoms. The molecule has 0 spiro atoms. The van der Waals surface area contributed by atoms with Crippen LogP contribution >= 0.6 is 0 Å². The number of hydrogen-bond donors (Lipinski definition) is 0. The number of fused-ring (bicyclic) bond motifs is 1. The summed E-state index contributed by atoms with van der Waals surface area (Å²) in [6, 6.07) is 19.3. The van der Waals surface area contributed by atoms with Gasteiger partial charge in [-0.25, -0.2) is 4.79 Å². The van der Waals surface area contributed by atoms with Gasteiger partial charge in [0.25, 0.3) is 0 Å². The maximum absolute atomic E-state index is 11.9. The van der Waals surface area contributed by atoms with Gasteiger partial charge in [-0.1, -0.05) is 30.3 Å². The van der Waals surface area contributed by atoms with Crippen molar-refractivity contribution < 1.29 is 9.53 Å². The fourth-order valence-corrected chi connectivity index (χ4v) is 2.90. The molecule has 0 unspecified atom stereocenters. The number of aromatic nitrogens is 1. The Balaban J connectivity index is 2.02. The molecule has 2 aromatic carbocycles. The van der Waals surface area contributed by atoms with E-state index >= 15 is 0 Å². The maximum Gasteiger partial charge on any atom is 0.348 e. The molecule has 132 valence electrons. The van der Waals surface area contributed by atoms with Gasteiger partial charge in [0.2, 0.25) is 0 Å². The SMILES string of the molecule is CCOC(=O)/C(C#N)=C/c1cn(Cc2ccc(C#N)cc2)c2ccccc12. The first-order chi connectivity index (χ1) is 13.2. The zero-order valence-electron chi connectivity index (χ0n) is 14.8. The Kier molecular flexibility index (Phi) is 5.35. The monoisotopic (exact) mass is 355 g/mol. The summed E-state index contributed by atoms with van der Waals surface area (Å²) >= 11 is 0. The maximum atomic E-state index is 11.9. The first-order valence-corrected chi connectivity index (χ1v) is 8.52. The smallest absolute Gasteiger partial charge is 0.348 e. The van der Waals surface area contributed by atoms with Gasteiger partial charge >= 0.3 is 5.97 Å². The average molecular weight is 355 g/mol. The van der Waals surface area contributed by atoms with E-state index in [-0.39, 0.29) is 12.2 Å². The normalized spacial score (nSPS) is 11.0. The van der Waals surface area contributed by atoms with Crippen LogP contribution in [0.3, 0.4) is 0 Å². The fraction of sp³-hybridized carbons (Fsp3) is 0.136. The number of benzene rings is 2. The van der Waals surface area contributed by atoms with Crippen molar-refractivity contribution in [2.75, 3.05) is 6.61 Å². The Labute approximate surface area is 157 Å². The van der Waals surface area contributed by atoms with Crippen LogP contribution in [0.2, 0.25) is 0 Å². The van der Waals surface area contributed by atoms with Crippen molar-refractivity contribution in [3.8, 4) is 12.1 Å². The van der Waals surface area contributed by atoms with E-state index in [9.17, 15) is 10.1 Å². The summed E-state index contributed by atoms with van der Waals surface area (Å²) in [6.07, 6.45) is 3.48. The summed E-state index contributed by atoms with van der Waals surface area (Å²) in [6.45, 7) is 2.54. The Bertz CT molecular complexity index is 1090. The molecule has 0 N–H and O–H groups in total. The summed E-state index contributed by atoms with van der Waals surface area (Å²) in [7, 11) is 0. The predicted molar refractivity (Wildman–Crippen MR) is 102 cm³/mol. The van der Waals surface area contributed by atoms with Gasteiger partial charge in [-0.05, 0) is 36.8 Å². The molecule has 0 saturated carbocycles. The van der Waals surface area contributed by atoms with E-state index in [1.807, 2.05) is 48.7 Å². The largest absolute Gasteiger partial charge is 0.462 e. The Hall–Kier alpha value is -3.83. The van der Waals surface area contributed by atoms with Crippen molar-refractivity contribution in [1.29, 1.82) is 10.5 Å². The summed E-state index contributed by atoms with van der Waals surface area (Å²) in [5.41, 5.74) is 3.42. The van der Waals surface area contributed by atoms with Gasteiger partial charge in [0, 0.05) is 29.2 Å². The molecule has 0 atom stereocenters. The molecule has 5 nitrogen and oxygen atoms in total. The van der Waals surface area contributed by atoms with E-state index in [0.717, 1.165) is 22.0 Å². The molecule has 0 aliphatic carbocycles. The average Bonchev–Trinajstić information content (AvgIpc) is 3.04. The van der Waals surface area contributed by atoms with E-state index in [4.69, 9.17) is 10.00 Å². The van der Waals surface area contributed by atoms with Gasteiger partial charge in [-0.15, -0.1) is 0 Å². The number of carbonyl (C=O) groups is 1. The summed E-state index contributed by atoms with van der Waals surface area (Å²) in [4.78, 5) is 11.9. The van der Waals surface area contributed by atoms with Gasteiger partial charge in [0.15, 0.2) is 0 Å². The van der Waals surface area contributed by atoms with Crippen LogP contribution in [0.25, 0.3) is 17.0 Å². The standard InChI is InChI=1S/C22H17N3O2/c1-2-27-22(26)18(13-24)11-19-15-25(21-6-4-3-5-20(19)21)14-17-9-7-16(12-23)8-10-17/h3-11,15H,2,14H2,1H3/b18-11+. The van der Waals surface area contributed by atoms with E-state index < -0.39 is 5.97 Å². The van der Waals surface area contributed by atoms with Crippen LogP contribution in [0.15, 0.2) is 60.3 Å². The molecular formula is C22H17N3O2. The molecule has 0 radical (unpaired) electrons. The van der Waals surface area contributed by atoms with Crippen molar-refractivity contribution in [2.45, 2.75) is 13.5 Å². The van der Waals surface area contributed by atoms with Crippen LogP contribution in [0, 0.1) is 22.7 Å². The quantitative estimate of drug-likeness (QED) is 0.393. The van der Waals surface area contributed by atoms with Crippen molar-refractivity contribution in [1.82, 2.24) is 4.57 Å². The lowest BCUT2D eigenvalue weighted by molar-refractivity contribution is -0.137. The van der Waals surface area contributed by atoms with E-state index in [2.05, 4.69) is 10.6 Å². The molecule has 27 heavy (non-hydrogen) atoms. The number of rotatable bonds is 5. The second kappa shape index (κ2) is 8.03. The van der Waals surface area contributed by atoms with E-state index in [1.54, 1.807) is 25.1 Å². The van der Waals surface area contributed by atoms with Crippen molar-refractivity contribution in [3.05, 3.63) is 77.0 Å². The fourth-order valence-electron chi connectivity index (χ4n) is 2.90. The third-order valence-corrected chi connectivity index (χ3v) is 4.17. The predicted octanol–water partition coefficient (Wildman–Crippen LogP) is 4.03. The number of esters is 1. The number of nitriles is 2. The molecule has 3 aromatic rings. The van der Waals surface area contributed by atoms with Gasteiger partial charge in [0.1, 0.15) is 11.6 Å². The summed E-state index contributed by atoms with van der Waals surface area (Å²) in [5, 5.41) is 19.2. The highest BCUT2D eigenvalue weighted by atomic mass is 16.5. The number of nitrogens with zero attached hydrogens (tertiary/aromatic N) is 3. The third kappa shape index (κ3) is 3.89. The van der Waals surface area contributed by atoms with E-state index in [1.165, 1.54) is 0 Å². The first kappa shape index (κ1) is 18.0. The molecule has 0 fully saturated rings. The van der Waals surface area contributed by atoms with Crippen LogP contribution in [-0.4, -0.2) is 17.1 Å². The van der Waals surface area contributed by atoms with Crippen LogP contribution in [0.5, 0.6) is 0 Å². The minimum absolute atomic E-state index is 0.0295. The molecule has 0 saturated heterocycles. The highest BCUT2D eigenvalue weighted by Gasteiger charge is 2.13. The highest BCUT2D eigenvalue weighted by Crippen LogP contribution is 2.25. The topological polar surface area (TPSA) is 78.8 Å². The minimum atomic E-state index is -0.621. The second-order valence-electron chi connectivity index (χ2n) is 5.93. The van der Waals surface area contributed by atoms with Gasteiger partial charge < -0.3 is 9.30 Å².